The zero-order valence-electron chi connectivity index (χ0n) is 36.5. The second kappa shape index (κ2) is 37.8. The van der Waals surface area contributed by atoms with Gasteiger partial charge in [0.1, 0.15) is 13.2 Å². The molecule has 0 saturated carbocycles. The summed E-state index contributed by atoms with van der Waals surface area (Å²) in [5.41, 5.74) is 0. The zero-order chi connectivity index (χ0) is 40.0. The van der Waals surface area contributed by atoms with E-state index in [1.54, 1.807) is 0 Å². The van der Waals surface area contributed by atoms with Crippen LogP contribution in [0.4, 0.5) is 0 Å². The lowest BCUT2D eigenvalue weighted by Gasteiger charge is -2.26. The second-order valence-corrected chi connectivity index (χ2v) is 18.6. The van der Waals surface area contributed by atoms with Gasteiger partial charge in [-0.3, -0.25) is 13.8 Å². The van der Waals surface area contributed by atoms with E-state index < -0.39 is 20.0 Å². The summed E-state index contributed by atoms with van der Waals surface area (Å²) in [5.74, 6) is -0.146. The third kappa shape index (κ3) is 39.5. The number of phosphoric ester groups is 1. The number of amides is 1. The Morgan fingerprint density at radius 2 is 1.00 bits per heavy atom. The minimum Gasteiger partial charge on any atom is -0.391 e. The third-order valence-corrected chi connectivity index (χ3v) is 11.5. The zero-order valence-corrected chi connectivity index (χ0v) is 37.4. The van der Waals surface area contributed by atoms with Gasteiger partial charge in [0, 0.05) is 6.42 Å². The number of unbranched alkanes of at least 4 members (excludes halogenated alkanes) is 27. The summed E-state index contributed by atoms with van der Waals surface area (Å²) in [5, 5.41) is 13.9. The van der Waals surface area contributed by atoms with Gasteiger partial charge in [0.05, 0.1) is 39.9 Å². The average Bonchev–Trinajstić information content (AvgIpc) is 3.12. The molecule has 0 spiro atoms. The molecule has 0 aromatic rings. The fourth-order valence-electron chi connectivity index (χ4n) is 6.81. The molecule has 3 unspecified atom stereocenters. The van der Waals surface area contributed by atoms with Gasteiger partial charge in [-0.15, -0.1) is 0 Å². The lowest BCUT2D eigenvalue weighted by molar-refractivity contribution is -0.870. The minimum absolute atomic E-state index is 0.0761. The maximum atomic E-state index is 12.9. The number of nitrogens with one attached hydrogen (secondary N) is 1. The molecule has 3 N–H and O–H groups in total. The molecule has 1 amide bonds. The van der Waals surface area contributed by atoms with Crippen LogP contribution in [-0.2, 0) is 18.4 Å². The van der Waals surface area contributed by atoms with Crippen molar-refractivity contribution in [1.82, 2.24) is 5.32 Å². The van der Waals surface area contributed by atoms with E-state index in [1.807, 2.05) is 21.1 Å². The molecule has 0 aliphatic carbocycles. The van der Waals surface area contributed by atoms with Gasteiger partial charge in [0.15, 0.2) is 0 Å². The van der Waals surface area contributed by atoms with Crippen LogP contribution in [0.25, 0.3) is 0 Å². The molecule has 3 atom stereocenters. The maximum absolute atomic E-state index is 12.9. The van der Waals surface area contributed by atoms with Gasteiger partial charge >= 0.3 is 7.82 Å². The number of aliphatic hydroxyl groups excluding tert-OH is 1. The fraction of sp³-hybridized carbons (Fsp3) is 0.933. The Hall–Kier alpha value is -0.760. The molecular weight excluding hydrogens is 695 g/mol. The van der Waals surface area contributed by atoms with Gasteiger partial charge in [0.25, 0.3) is 0 Å². The maximum Gasteiger partial charge on any atom is 0.472 e. The molecule has 0 rings (SSSR count). The van der Waals surface area contributed by atoms with Crippen molar-refractivity contribution < 1.29 is 32.9 Å². The highest BCUT2D eigenvalue weighted by atomic mass is 31.2. The Kier molecular flexibility index (Phi) is 37.3. The summed E-state index contributed by atoms with van der Waals surface area (Å²) in [6.45, 7) is 4.88. The van der Waals surface area contributed by atoms with Crippen LogP contribution in [0, 0.1) is 0 Å². The first-order valence-corrected chi connectivity index (χ1v) is 24.5. The van der Waals surface area contributed by atoms with Crippen LogP contribution in [0.2, 0.25) is 0 Å². The highest BCUT2D eigenvalue weighted by Crippen LogP contribution is 2.43. The first kappa shape index (κ1) is 53.2. The van der Waals surface area contributed by atoms with E-state index in [0.717, 1.165) is 38.5 Å². The number of quaternary nitrogens is 1. The molecule has 0 aliphatic rings. The predicted octanol–water partition coefficient (Wildman–Crippen LogP) is 12.8. The van der Waals surface area contributed by atoms with E-state index in [4.69, 9.17) is 9.05 Å². The van der Waals surface area contributed by atoms with E-state index in [-0.39, 0.29) is 19.1 Å². The number of phosphoric acid groups is 1. The summed E-state index contributed by atoms with van der Waals surface area (Å²) in [6, 6.07) is -0.756. The number of carbonyl (C=O) groups is 1. The standard InChI is InChI=1S/C45H91N2O6P/c1-6-8-10-12-14-16-18-19-20-21-22-23-24-25-26-27-29-31-33-35-37-39-45(49)46-43(42-53-54(50,51)52-41-40-47(3,4)5)44(48)38-36-34-32-30-28-17-15-13-11-9-7-2/h21-22,43-44,48H,6-20,23-42H2,1-5H3,(H-,46,49,50,51)/p+1/b22-21-. The van der Waals surface area contributed by atoms with E-state index in [2.05, 4.69) is 31.3 Å². The van der Waals surface area contributed by atoms with Gasteiger partial charge in [0.2, 0.25) is 5.91 Å². The monoisotopic (exact) mass is 788 g/mol. The minimum atomic E-state index is -4.31. The molecular formula is C45H92N2O6P+. The normalized spacial score (nSPS) is 14.4. The highest BCUT2D eigenvalue weighted by Gasteiger charge is 2.28. The Bertz CT molecular complexity index is 896. The van der Waals surface area contributed by atoms with Gasteiger partial charge in [-0.1, -0.05) is 187 Å². The lowest BCUT2D eigenvalue weighted by Crippen LogP contribution is -2.46. The van der Waals surface area contributed by atoms with Gasteiger partial charge < -0.3 is 19.8 Å². The molecule has 0 radical (unpaired) electrons. The van der Waals surface area contributed by atoms with E-state index in [1.165, 1.54) is 154 Å². The molecule has 0 aromatic heterocycles. The molecule has 9 heteroatoms. The summed E-state index contributed by atoms with van der Waals surface area (Å²) in [7, 11) is 1.62. The Morgan fingerprint density at radius 3 is 1.43 bits per heavy atom. The van der Waals surface area contributed by atoms with Crippen molar-refractivity contribution in [2.75, 3.05) is 40.9 Å². The van der Waals surface area contributed by atoms with Crippen LogP contribution in [0.15, 0.2) is 12.2 Å². The molecule has 322 valence electrons. The molecule has 0 heterocycles. The first-order chi connectivity index (χ1) is 26.0. The Labute approximate surface area is 335 Å². The number of hydrogen-bond donors (Lipinski definition) is 3. The molecule has 0 saturated heterocycles. The molecule has 0 aliphatic heterocycles. The van der Waals surface area contributed by atoms with E-state index >= 15 is 0 Å². The smallest absolute Gasteiger partial charge is 0.391 e. The molecule has 8 nitrogen and oxygen atoms in total. The van der Waals surface area contributed by atoms with E-state index in [9.17, 15) is 19.4 Å². The van der Waals surface area contributed by atoms with Crippen molar-refractivity contribution in [3.63, 3.8) is 0 Å². The fourth-order valence-corrected chi connectivity index (χ4v) is 7.54. The van der Waals surface area contributed by atoms with Crippen LogP contribution in [0.5, 0.6) is 0 Å². The van der Waals surface area contributed by atoms with Gasteiger partial charge in [-0.25, -0.2) is 4.57 Å². The largest absolute Gasteiger partial charge is 0.472 e. The average molecular weight is 788 g/mol. The van der Waals surface area contributed by atoms with Crippen LogP contribution < -0.4 is 5.32 Å². The lowest BCUT2D eigenvalue weighted by atomic mass is 10.0. The third-order valence-electron chi connectivity index (χ3n) is 10.5. The predicted molar refractivity (Wildman–Crippen MR) is 231 cm³/mol. The number of likely N-dealkylation sites (N-methyl/N-ethyl adjacent to an activating group) is 1. The Morgan fingerprint density at radius 1 is 0.611 bits per heavy atom. The summed E-state index contributed by atoms with van der Waals surface area (Å²) < 4.78 is 23.6. The summed E-state index contributed by atoms with van der Waals surface area (Å²) in [6.07, 6.45) is 42.4. The number of nitrogens with zero attached hydrogens (tertiary/aromatic N) is 1. The number of aliphatic hydroxyl groups is 1. The van der Waals surface area contributed by atoms with Crippen molar-refractivity contribution >= 4 is 13.7 Å². The SMILES string of the molecule is CCCCCCCCCC/C=C\CCCCCCCCCCCC(=O)NC(COP(=O)(O)OCC[N+](C)(C)C)C(O)CCCCCCCCCCCCC. The van der Waals surface area contributed by atoms with Gasteiger partial charge in [-0.05, 0) is 38.5 Å². The van der Waals surface area contributed by atoms with Crippen molar-refractivity contribution in [3.8, 4) is 0 Å². The summed E-state index contributed by atoms with van der Waals surface area (Å²) in [4.78, 5) is 23.1. The Balaban J connectivity index is 4.24. The van der Waals surface area contributed by atoms with Crippen molar-refractivity contribution in [2.45, 2.75) is 231 Å². The van der Waals surface area contributed by atoms with E-state index in [0.29, 0.717) is 23.9 Å². The van der Waals surface area contributed by atoms with Gasteiger partial charge in [-0.2, -0.15) is 0 Å². The quantitative estimate of drug-likeness (QED) is 0.0246. The van der Waals surface area contributed by atoms with Crippen molar-refractivity contribution in [2.24, 2.45) is 0 Å². The van der Waals surface area contributed by atoms with Crippen molar-refractivity contribution in [1.29, 1.82) is 0 Å². The second-order valence-electron chi connectivity index (χ2n) is 17.1. The van der Waals surface area contributed by atoms with Crippen LogP contribution in [0.1, 0.15) is 219 Å². The molecule has 0 aromatic carbocycles. The van der Waals surface area contributed by atoms with Crippen molar-refractivity contribution in [3.05, 3.63) is 12.2 Å². The summed E-state index contributed by atoms with van der Waals surface area (Å²) >= 11 is 0. The van der Waals surface area contributed by atoms with Crippen LogP contribution >= 0.6 is 7.82 Å². The number of allylic oxidation sites excluding steroid dienone is 2. The molecule has 54 heavy (non-hydrogen) atoms. The van der Waals surface area contributed by atoms with Crippen LogP contribution in [-0.4, -0.2) is 73.4 Å². The number of rotatable bonds is 42. The molecule has 0 fully saturated rings. The molecule has 0 bridgehead atoms. The highest BCUT2D eigenvalue weighted by molar-refractivity contribution is 7.47. The number of carbonyl (C=O) groups excluding carboxylic acids is 1. The number of hydrogen-bond acceptors (Lipinski definition) is 5. The topological polar surface area (TPSA) is 105 Å². The van der Waals surface area contributed by atoms with Crippen LogP contribution in [0.3, 0.4) is 0 Å². The first-order valence-electron chi connectivity index (χ1n) is 23.1.